The highest BCUT2D eigenvalue weighted by Gasteiger charge is 2.27. The fraction of sp³-hybridized carbons (Fsp3) is 0.467. The number of rotatable bonds is 4. The molecule has 0 bridgehead atoms. The van der Waals surface area contributed by atoms with E-state index in [-0.39, 0.29) is 36.6 Å². The largest absolute Gasteiger partial charge is 0.506 e. The first kappa shape index (κ1) is 22.0. The number of piperazine rings is 1. The van der Waals surface area contributed by atoms with E-state index in [1.807, 2.05) is 13.0 Å². The Kier molecular flexibility index (Phi) is 10.0. The third-order valence-electron chi connectivity index (χ3n) is 3.58. The molecule has 0 aromatic heterocycles. The van der Waals surface area contributed by atoms with Crippen molar-refractivity contribution < 1.29 is 5.11 Å². The molecule has 1 heterocycles. The SMILES string of the molecule is C=C(C)C[C@@H](c1c(Cl)ccc(Br)c1O)N1CCNCC1.Cl.Cl. The summed E-state index contributed by atoms with van der Waals surface area (Å²) in [5, 5.41) is 14.3. The van der Waals surface area contributed by atoms with E-state index in [1.165, 1.54) is 0 Å². The van der Waals surface area contributed by atoms with Gasteiger partial charge in [-0.15, -0.1) is 31.4 Å². The summed E-state index contributed by atoms with van der Waals surface area (Å²) in [7, 11) is 0. The fourth-order valence-corrected chi connectivity index (χ4v) is 3.24. The van der Waals surface area contributed by atoms with E-state index >= 15 is 0 Å². The molecule has 1 aromatic rings. The molecule has 1 aliphatic rings. The number of hydrogen-bond donors (Lipinski definition) is 2. The Hall–Kier alpha value is 0.0300. The van der Waals surface area contributed by atoms with Gasteiger partial charge in [0.25, 0.3) is 0 Å². The average molecular weight is 433 g/mol. The Morgan fingerprint density at radius 1 is 1.41 bits per heavy atom. The minimum absolute atomic E-state index is 0. The van der Waals surface area contributed by atoms with Crippen LogP contribution < -0.4 is 5.32 Å². The van der Waals surface area contributed by atoms with Crippen LogP contribution >= 0.6 is 52.3 Å². The zero-order valence-corrected chi connectivity index (χ0v) is 16.4. The van der Waals surface area contributed by atoms with Crippen molar-refractivity contribution in [3.8, 4) is 5.75 Å². The highest BCUT2D eigenvalue weighted by molar-refractivity contribution is 9.10. The van der Waals surface area contributed by atoms with Gasteiger partial charge in [0.15, 0.2) is 0 Å². The van der Waals surface area contributed by atoms with E-state index in [0.717, 1.165) is 43.7 Å². The first-order valence-electron chi connectivity index (χ1n) is 6.76. The van der Waals surface area contributed by atoms with Crippen molar-refractivity contribution in [3.05, 3.63) is 39.3 Å². The number of halogens is 4. The molecule has 2 N–H and O–H groups in total. The van der Waals surface area contributed by atoms with Crippen LogP contribution in [0.4, 0.5) is 0 Å². The zero-order valence-electron chi connectivity index (χ0n) is 12.4. The summed E-state index contributed by atoms with van der Waals surface area (Å²) >= 11 is 9.72. The topological polar surface area (TPSA) is 35.5 Å². The van der Waals surface area contributed by atoms with Crippen LogP contribution in [0.3, 0.4) is 0 Å². The number of aromatic hydroxyl groups is 1. The molecule has 1 atom stereocenters. The van der Waals surface area contributed by atoms with Crippen molar-refractivity contribution in [2.45, 2.75) is 19.4 Å². The maximum absolute atomic E-state index is 10.4. The normalized spacial score (nSPS) is 16.3. The second kappa shape index (κ2) is 10.0. The van der Waals surface area contributed by atoms with Gasteiger partial charge in [0.1, 0.15) is 5.75 Å². The first-order chi connectivity index (χ1) is 9.50. The maximum Gasteiger partial charge on any atom is 0.136 e. The summed E-state index contributed by atoms with van der Waals surface area (Å²) in [6.45, 7) is 9.83. The fourth-order valence-electron chi connectivity index (χ4n) is 2.61. The lowest BCUT2D eigenvalue weighted by Gasteiger charge is -2.36. The average Bonchev–Trinajstić information content (AvgIpc) is 2.43. The Morgan fingerprint density at radius 2 is 2.00 bits per heavy atom. The molecular formula is C15H22BrCl3N2O. The number of benzene rings is 1. The molecule has 1 aromatic carbocycles. The van der Waals surface area contributed by atoms with Gasteiger partial charge >= 0.3 is 0 Å². The summed E-state index contributed by atoms with van der Waals surface area (Å²) in [5.41, 5.74) is 1.88. The first-order valence-corrected chi connectivity index (χ1v) is 7.94. The molecule has 0 amide bonds. The van der Waals surface area contributed by atoms with Crippen LogP contribution in [0.25, 0.3) is 0 Å². The van der Waals surface area contributed by atoms with E-state index in [4.69, 9.17) is 11.6 Å². The van der Waals surface area contributed by atoms with Crippen molar-refractivity contribution in [2.75, 3.05) is 26.2 Å². The predicted molar refractivity (Wildman–Crippen MR) is 102 cm³/mol. The van der Waals surface area contributed by atoms with Crippen LogP contribution in [-0.2, 0) is 0 Å². The van der Waals surface area contributed by atoms with Gasteiger partial charge in [0.2, 0.25) is 0 Å². The number of nitrogens with one attached hydrogen (secondary N) is 1. The lowest BCUT2D eigenvalue weighted by atomic mass is 9.97. The Bertz CT molecular complexity index is 508. The molecule has 0 spiro atoms. The minimum Gasteiger partial charge on any atom is -0.506 e. The van der Waals surface area contributed by atoms with Gasteiger partial charge < -0.3 is 10.4 Å². The molecule has 7 heteroatoms. The van der Waals surface area contributed by atoms with Gasteiger partial charge in [-0.1, -0.05) is 17.2 Å². The highest BCUT2D eigenvalue weighted by atomic mass is 79.9. The number of phenolic OH excluding ortho intramolecular Hbond substituents is 1. The predicted octanol–water partition coefficient (Wildman–Crippen LogP) is 4.56. The summed E-state index contributed by atoms with van der Waals surface area (Å²) in [6, 6.07) is 3.67. The Labute approximate surface area is 158 Å². The zero-order chi connectivity index (χ0) is 14.7. The molecule has 1 saturated heterocycles. The summed E-state index contributed by atoms with van der Waals surface area (Å²) in [5.74, 6) is 0.238. The van der Waals surface area contributed by atoms with Gasteiger partial charge in [-0.3, -0.25) is 4.90 Å². The van der Waals surface area contributed by atoms with E-state index in [9.17, 15) is 5.11 Å². The van der Waals surface area contributed by atoms with Crippen LogP contribution in [0.1, 0.15) is 24.9 Å². The Balaban J connectivity index is 0.00000220. The van der Waals surface area contributed by atoms with Gasteiger partial charge in [-0.2, -0.15) is 0 Å². The standard InChI is InChI=1S/C15H20BrClN2O.2ClH/c1-10(2)9-13(19-7-5-18-6-8-19)14-12(17)4-3-11(16)15(14)20;;/h3-4,13,18,20H,1,5-9H2,2H3;2*1H/t13-;;/m0../s1. The Morgan fingerprint density at radius 3 is 2.55 bits per heavy atom. The molecule has 0 unspecified atom stereocenters. The quantitative estimate of drug-likeness (QED) is 0.685. The lowest BCUT2D eigenvalue weighted by molar-refractivity contribution is 0.170. The highest BCUT2D eigenvalue weighted by Crippen LogP contribution is 2.41. The third kappa shape index (κ3) is 5.29. The molecule has 22 heavy (non-hydrogen) atoms. The lowest BCUT2D eigenvalue weighted by Crippen LogP contribution is -2.45. The molecule has 3 nitrogen and oxygen atoms in total. The minimum atomic E-state index is 0. The molecule has 0 saturated carbocycles. The summed E-state index contributed by atoms with van der Waals surface area (Å²) in [4.78, 5) is 2.36. The van der Waals surface area contributed by atoms with Crippen molar-refractivity contribution in [1.29, 1.82) is 0 Å². The molecule has 126 valence electrons. The van der Waals surface area contributed by atoms with Crippen LogP contribution in [-0.4, -0.2) is 36.2 Å². The van der Waals surface area contributed by atoms with Gasteiger partial charge in [-0.25, -0.2) is 0 Å². The van der Waals surface area contributed by atoms with Gasteiger partial charge in [-0.05, 0) is 41.4 Å². The van der Waals surface area contributed by atoms with Crippen molar-refractivity contribution in [3.63, 3.8) is 0 Å². The van der Waals surface area contributed by atoms with Gasteiger partial charge in [0.05, 0.1) is 4.47 Å². The second-order valence-corrected chi connectivity index (χ2v) is 6.52. The molecule has 0 aliphatic carbocycles. The number of phenols is 1. The molecule has 0 radical (unpaired) electrons. The van der Waals surface area contributed by atoms with Crippen molar-refractivity contribution >= 4 is 52.3 Å². The maximum atomic E-state index is 10.4. The third-order valence-corrected chi connectivity index (χ3v) is 4.55. The van der Waals surface area contributed by atoms with E-state index in [1.54, 1.807) is 6.07 Å². The molecule has 2 rings (SSSR count). The molecule has 1 fully saturated rings. The monoisotopic (exact) mass is 430 g/mol. The van der Waals surface area contributed by atoms with Crippen LogP contribution in [0, 0.1) is 0 Å². The molecule has 1 aliphatic heterocycles. The summed E-state index contributed by atoms with van der Waals surface area (Å²) < 4.78 is 0.679. The van der Waals surface area contributed by atoms with E-state index < -0.39 is 0 Å². The smallest absolute Gasteiger partial charge is 0.136 e. The second-order valence-electron chi connectivity index (χ2n) is 5.25. The van der Waals surface area contributed by atoms with E-state index in [0.29, 0.717) is 9.50 Å². The van der Waals surface area contributed by atoms with Gasteiger partial charge in [0, 0.05) is 42.8 Å². The van der Waals surface area contributed by atoms with E-state index in [2.05, 4.69) is 32.7 Å². The molecular weight excluding hydrogens is 410 g/mol. The van der Waals surface area contributed by atoms with Crippen LogP contribution in [0.5, 0.6) is 5.75 Å². The van der Waals surface area contributed by atoms with Crippen LogP contribution in [0.2, 0.25) is 5.02 Å². The van der Waals surface area contributed by atoms with Crippen molar-refractivity contribution in [2.24, 2.45) is 0 Å². The number of hydrogen-bond acceptors (Lipinski definition) is 3. The number of nitrogens with zero attached hydrogens (tertiary/aromatic N) is 1. The van der Waals surface area contributed by atoms with Crippen LogP contribution in [0.15, 0.2) is 28.8 Å². The summed E-state index contributed by atoms with van der Waals surface area (Å²) in [6.07, 6.45) is 0.795. The van der Waals surface area contributed by atoms with Crippen molar-refractivity contribution in [1.82, 2.24) is 10.2 Å².